The number of primary amides is 1. The standard InChI is InChI=1S/C12H18N4O2/c13-11(17)9-4-5-10(16-15-9)14-8-12(18)6-2-1-3-7-12/h4-5,18H,1-3,6-8H2,(H2,13,17)(H,14,16). The Morgan fingerprint density at radius 3 is 2.61 bits per heavy atom. The van der Waals surface area contributed by atoms with Gasteiger partial charge in [-0.2, -0.15) is 0 Å². The van der Waals surface area contributed by atoms with E-state index in [0.29, 0.717) is 12.4 Å². The molecule has 1 amide bonds. The van der Waals surface area contributed by atoms with Crippen LogP contribution in [0.15, 0.2) is 12.1 Å². The van der Waals surface area contributed by atoms with Gasteiger partial charge in [0.25, 0.3) is 5.91 Å². The molecule has 0 bridgehead atoms. The Bertz CT molecular complexity index is 413. The second kappa shape index (κ2) is 5.30. The monoisotopic (exact) mass is 250 g/mol. The summed E-state index contributed by atoms with van der Waals surface area (Å²) in [6, 6.07) is 3.15. The molecule has 4 N–H and O–H groups in total. The van der Waals surface area contributed by atoms with Crippen LogP contribution in [-0.4, -0.2) is 33.4 Å². The van der Waals surface area contributed by atoms with Crippen LogP contribution in [0, 0.1) is 0 Å². The van der Waals surface area contributed by atoms with Crippen LogP contribution in [-0.2, 0) is 0 Å². The predicted octanol–water partition coefficient (Wildman–Crippen LogP) is 0.683. The molecule has 6 heteroatoms. The van der Waals surface area contributed by atoms with Crippen LogP contribution < -0.4 is 11.1 Å². The highest BCUT2D eigenvalue weighted by molar-refractivity contribution is 5.90. The predicted molar refractivity (Wildman–Crippen MR) is 67.1 cm³/mol. The Morgan fingerprint density at radius 1 is 1.33 bits per heavy atom. The summed E-state index contributed by atoms with van der Waals surface area (Å²) < 4.78 is 0. The third-order valence-corrected chi connectivity index (χ3v) is 3.30. The van der Waals surface area contributed by atoms with Gasteiger partial charge < -0.3 is 16.2 Å². The van der Waals surface area contributed by atoms with E-state index < -0.39 is 11.5 Å². The van der Waals surface area contributed by atoms with Gasteiger partial charge in [0.2, 0.25) is 0 Å². The van der Waals surface area contributed by atoms with Crippen molar-refractivity contribution in [2.75, 3.05) is 11.9 Å². The lowest BCUT2D eigenvalue weighted by Crippen LogP contribution is -2.39. The molecule has 1 aromatic heterocycles. The molecule has 2 rings (SSSR count). The zero-order valence-electron chi connectivity index (χ0n) is 10.2. The number of aliphatic hydroxyl groups is 1. The lowest BCUT2D eigenvalue weighted by molar-refractivity contribution is 0.0166. The van der Waals surface area contributed by atoms with Crippen molar-refractivity contribution in [3.8, 4) is 0 Å². The summed E-state index contributed by atoms with van der Waals surface area (Å²) in [7, 11) is 0. The Hall–Kier alpha value is -1.69. The molecule has 0 atom stereocenters. The van der Waals surface area contributed by atoms with Crippen molar-refractivity contribution in [2.24, 2.45) is 5.73 Å². The molecule has 1 saturated carbocycles. The van der Waals surface area contributed by atoms with E-state index in [1.54, 1.807) is 6.07 Å². The summed E-state index contributed by atoms with van der Waals surface area (Å²) in [5.74, 6) is -0.0565. The first-order chi connectivity index (χ1) is 8.59. The van der Waals surface area contributed by atoms with Gasteiger partial charge in [-0.25, -0.2) is 0 Å². The lowest BCUT2D eigenvalue weighted by atomic mass is 9.85. The molecule has 18 heavy (non-hydrogen) atoms. The lowest BCUT2D eigenvalue weighted by Gasteiger charge is -2.32. The summed E-state index contributed by atoms with van der Waals surface area (Å²) in [6.45, 7) is 0.456. The van der Waals surface area contributed by atoms with Gasteiger partial charge in [-0.15, -0.1) is 10.2 Å². The first-order valence-corrected chi connectivity index (χ1v) is 6.19. The fourth-order valence-electron chi connectivity index (χ4n) is 2.20. The van der Waals surface area contributed by atoms with Gasteiger partial charge >= 0.3 is 0 Å². The van der Waals surface area contributed by atoms with E-state index in [1.807, 2.05) is 0 Å². The SMILES string of the molecule is NC(=O)c1ccc(NCC2(O)CCCCC2)nn1. The van der Waals surface area contributed by atoms with Gasteiger partial charge in [-0.1, -0.05) is 19.3 Å². The average Bonchev–Trinajstić information content (AvgIpc) is 2.38. The Kier molecular flexibility index (Phi) is 3.76. The van der Waals surface area contributed by atoms with Crippen molar-refractivity contribution in [3.63, 3.8) is 0 Å². The molecule has 0 aliphatic heterocycles. The average molecular weight is 250 g/mol. The van der Waals surface area contributed by atoms with E-state index in [4.69, 9.17) is 5.73 Å². The summed E-state index contributed by atoms with van der Waals surface area (Å²) in [5, 5.41) is 20.9. The number of amides is 1. The van der Waals surface area contributed by atoms with Crippen LogP contribution in [0.5, 0.6) is 0 Å². The molecule has 1 aromatic rings. The van der Waals surface area contributed by atoms with Gasteiger partial charge in [0, 0.05) is 6.54 Å². The molecule has 1 fully saturated rings. The third-order valence-electron chi connectivity index (χ3n) is 3.30. The molecule has 1 aliphatic carbocycles. The van der Waals surface area contributed by atoms with Gasteiger partial charge in [0.05, 0.1) is 5.60 Å². The molecular formula is C12H18N4O2. The van der Waals surface area contributed by atoms with Crippen LogP contribution in [0.1, 0.15) is 42.6 Å². The fraction of sp³-hybridized carbons (Fsp3) is 0.583. The first-order valence-electron chi connectivity index (χ1n) is 6.19. The van der Waals surface area contributed by atoms with Gasteiger partial charge in [0.15, 0.2) is 5.69 Å². The van der Waals surface area contributed by atoms with Crippen LogP contribution in [0.4, 0.5) is 5.82 Å². The third kappa shape index (κ3) is 3.16. The van der Waals surface area contributed by atoms with Gasteiger partial charge in [-0.05, 0) is 25.0 Å². The van der Waals surface area contributed by atoms with E-state index in [2.05, 4.69) is 15.5 Å². The number of rotatable bonds is 4. The van der Waals surface area contributed by atoms with E-state index in [0.717, 1.165) is 25.7 Å². The quantitative estimate of drug-likeness (QED) is 0.729. The minimum Gasteiger partial charge on any atom is -0.388 e. The first kappa shape index (κ1) is 12.8. The second-order valence-electron chi connectivity index (χ2n) is 4.81. The second-order valence-corrected chi connectivity index (χ2v) is 4.81. The zero-order chi connectivity index (χ0) is 13.0. The number of carbonyl (C=O) groups excluding carboxylic acids is 1. The van der Waals surface area contributed by atoms with Gasteiger partial charge in [0.1, 0.15) is 5.82 Å². The normalized spacial score (nSPS) is 18.3. The smallest absolute Gasteiger partial charge is 0.269 e. The molecule has 0 saturated heterocycles. The summed E-state index contributed by atoms with van der Waals surface area (Å²) in [4.78, 5) is 10.8. The molecule has 0 unspecified atom stereocenters. The van der Waals surface area contributed by atoms with Crippen molar-refractivity contribution < 1.29 is 9.90 Å². The molecule has 0 spiro atoms. The number of carbonyl (C=O) groups is 1. The minimum atomic E-state index is -0.651. The Morgan fingerprint density at radius 2 is 2.06 bits per heavy atom. The van der Waals surface area contributed by atoms with Crippen LogP contribution in [0.3, 0.4) is 0 Å². The Labute approximate surface area is 106 Å². The molecule has 1 heterocycles. The highest BCUT2D eigenvalue weighted by Gasteiger charge is 2.28. The minimum absolute atomic E-state index is 0.136. The van der Waals surface area contributed by atoms with Crippen molar-refractivity contribution >= 4 is 11.7 Å². The highest BCUT2D eigenvalue weighted by Crippen LogP contribution is 2.27. The summed E-state index contributed by atoms with van der Waals surface area (Å²) >= 11 is 0. The van der Waals surface area contributed by atoms with Gasteiger partial charge in [-0.3, -0.25) is 4.79 Å². The number of anilines is 1. The molecular weight excluding hydrogens is 232 g/mol. The van der Waals surface area contributed by atoms with E-state index >= 15 is 0 Å². The number of hydrogen-bond donors (Lipinski definition) is 3. The zero-order valence-corrected chi connectivity index (χ0v) is 10.2. The number of aromatic nitrogens is 2. The molecule has 6 nitrogen and oxygen atoms in total. The van der Waals surface area contributed by atoms with Crippen molar-refractivity contribution in [3.05, 3.63) is 17.8 Å². The molecule has 1 aliphatic rings. The summed E-state index contributed by atoms with van der Waals surface area (Å²) in [6.07, 6.45) is 4.93. The van der Waals surface area contributed by atoms with Crippen LogP contribution in [0.2, 0.25) is 0 Å². The van der Waals surface area contributed by atoms with E-state index in [9.17, 15) is 9.90 Å². The number of hydrogen-bond acceptors (Lipinski definition) is 5. The van der Waals surface area contributed by atoms with Crippen LogP contribution in [0.25, 0.3) is 0 Å². The maximum Gasteiger partial charge on any atom is 0.269 e. The molecule has 0 radical (unpaired) electrons. The number of nitrogens with one attached hydrogen (secondary N) is 1. The fourth-order valence-corrected chi connectivity index (χ4v) is 2.20. The van der Waals surface area contributed by atoms with Crippen molar-refractivity contribution in [2.45, 2.75) is 37.7 Å². The maximum absolute atomic E-state index is 10.8. The van der Waals surface area contributed by atoms with E-state index in [-0.39, 0.29) is 5.69 Å². The van der Waals surface area contributed by atoms with Crippen molar-refractivity contribution in [1.82, 2.24) is 10.2 Å². The van der Waals surface area contributed by atoms with E-state index in [1.165, 1.54) is 12.5 Å². The maximum atomic E-state index is 10.8. The highest BCUT2D eigenvalue weighted by atomic mass is 16.3. The topological polar surface area (TPSA) is 101 Å². The Balaban J connectivity index is 1.91. The largest absolute Gasteiger partial charge is 0.388 e. The molecule has 98 valence electrons. The van der Waals surface area contributed by atoms with Crippen LogP contribution >= 0.6 is 0 Å². The number of nitrogens with zero attached hydrogens (tertiary/aromatic N) is 2. The molecule has 0 aromatic carbocycles. The summed E-state index contributed by atoms with van der Waals surface area (Å²) in [5.41, 5.74) is 4.56. The number of nitrogens with two attached hydrogens (primary N) is 1. The van der Waals surface area contributed by atoms with Crippen molar-refractivity contribution in [1.29, 1.82) is 0 Å².